The first kappa shape index (κ1) is 19.0. The molecular weight excluding hydrogens is 354 g/mol. The van der Waals surface area contributed by atoms with Crippen molar-refractivity contribution in [1.82, 2.24) is 15.1 Å². The zero-order valence-electron chi connectivity index (χ0n) is 15.2. The molecule has 0 fully saturated rings. The van der Waals surface area contributed by atoms with E-state index >= 15 is 0 Å². The molecule has 0 saturated carbocycles. The number of nitrogens with zero attached hydrogens (tertiary/aromatic N) is 2. The van der Waals surface area contributed by atoms with E-state index in [1.165, 1.54) is 5.56 Å². The number of carbonyl (C=O) groups is 1. The summed E-state index contributed by atoms with van der Waals surface area (Å²) in [6, 6.07) is 20.3. The van der Waals surface area contributed by atoms with E-state index in [-0.39, 0.29) is 5.91 Å². The van der Waals surface area contributed by atoms with Crippen LogP contribution in [0.1, 0.15) is 11.1 Å². The van der Waals surface area contributed by atoms with Gasteiger partial charge in [-0.1, -0.05) is 66.7 Å². The Morgan fingerprint density at radius 2 is 1.81 bits per heavy atom. The van der Waals surface area contributed by atoms with Gasteiger partial charge in [0.05, 0.1) is 18.0 Å². The smallest absolute Gasteiger partial charge is 0.230 e. The van der Waals surface area contributed by atoms with Crippen LogP contribution in [-0.2, 0) is 17.9 Å². The van der Waals surface area contributed by atoms with E-state index < -0.39 is 0 Å². The molecule has 2 aromatic carbocycles. The Balaban J connectivity index is 1.76. The van der Waals surface area contributed by atoms with Crippen LogP contribution in [0.5, 0.6) is 0 Å². The van der Waals surface area contributed by atoms with Crippen LogP contribution in [0.2, 0.25) is 0 Å². The first-order chi connectivity index (χ1) is 13.3. The fourth-order valence-electron chi connectivity index (χ4n) is 2.76. The monoisotopic (exact) mass is 377 g/mol. The normalized spacial score (nSPS) is 10.5. The maximum Gasteiger partial charge on any atom is 0.230 e. The van der Waals surface area contributed by atoms with Crippen LogP contribution in [0.4, 0.5) is 0 Å². The summed E-state index contributed by atoms with van der Waals surface area (Å²) in [5.74, 6) is 1.24. The van der Waals surface area contributed by atoms with Crippen molar-refractivity contribution in [3.8, 4) is 11.3 Å². The van der Waals surface area contributed by atoms with Crippen molar-refractivity contribution >= 4 is 17.7 Å². The van der Waals surface area contributed by atoms with E-state index in [1.807, 2.05) is 59.4 Å². The molecule has 1 heterocycles. The predicted octanol–water partition coefficient (Wildman–Crippen LogP) is 4.13. The van der Waals surface area contributed by atoms with Gasteiger partial charge in [-0.05, 0) is 5.56 Å². The summed E-state index contributed by atoms with van der Waals surface area (Å²) in [4.78, 5) is 12.0. The molecule has 3 aromatic rings. The molecule has 1 amide bonds. The summed E-state index contributed by atoms with van der Waals surface area (Å²) in [5.41, 5.74) is 4.16. The zero-order valence-corrected chi connectivity index (χ0v) is 16.0. The largest absolute Gasteiger partial charge is 0.351 e. The molecule has 0 aliphatic carbocycles. The Bertz CT molecular complexity index is 875. The van der Waals surface area contributed by atoms with E-state index in [0.29, 0.717) is 18.8 Å². The van der Waals surface area contributed by atoms with Gasteiger partial charge in [-0.25, -0.2) is 0 Å². The highest BCUT2D eigenvalue weighted by atomic mass is 32.2. The average molecular weight is 378 g/mol. The van der Waals surface area contributed by atoms with Gasteiger partial charge in [-0.3, -0.25) is 9.48 Å². The lowest BCUT2D eigenvalue weighted by Gasteiger charge is -2.05. The van der Waals surface area contributed by atoms with Gasteiger partial charge in [0.15, 0.2) is 0 Å². The van der Waals surface area contributed by atoms with Crippen LogP contribution in [0.3, 0.4) is 0 Å². The van der Waals surface area contributed by atoms with Gasteiger partial charge in [0, 0.05) is 29.6 Å². The molecule has 27 heavy (non-hydrogen) atoms. The third-order valence-corrected chi connectivity index (χ3v) is 4.95. The number of thioether (sulfide) groups is 1. The molecular formula is C22H23N3OS. The van der Waals surface area contributed by atoms with Crippen molar-refractivity contribution in [3.05, 3.63) is 90.6 Å². The molecule has 4 nitrogen and oxygen atoms in total. The first-order valence-corrected chi connectivity index (χ1v) is 10.0. The number of hydrogen-bond donors (Lipinski definition) is 1. The van der Waals surface area contributed by atoms with Crippen molar-refractivity contribution < 1.29 is 4.79 Å². The molecule has 0 atom stereocenters. The number of amides is 1. The highest BCUT2D eigenvalue weighted by molar-refractivity contribution is 8.00. The molecule has 0 saturated heterocycles. The lowest BCUT2D eigenvalue weighted by atomic mass is 10.1. The molecule has 5 heteroatoms. The van der Waals surface area contributed by atoms with E-state index in [2.05, 4.69) is 24.0 Å². The van der Waals surface area contributed by atoms with Gasteiger partial charge < -0.3 is 5.32 Å². The minimum atomic E-state index is 0.0247. The van der Waals surface area contributed by atoms with Gasteiger partial charge in [0.1, 0.15) is 0 Å². The second-order valence-corrected chi connectivity index (χ2v) is 7.16. The van der Waals surface area contributed by atoms with E-state index in [9.17, 15) is 4.79 Å². The van der Waals surface area contributed by atoms with E-state index in [0.717, 1.165) is 22.6 Å². The van der Waals surface area contributed by atoms with Gasteiger partial charge in [-0.15, -0.1) is 18.3 Å². The van der Waals surface area contributed by atoms with Crippen LogP contribution >= 0.6 is 11.8 Å². The summed E-state index contributed by atoms with van der Waals surface area (Å²) < 4.78 is 1.94. The van der Waals surface area contributed by atoms with Crippen molar-refractivity contribution in [2.24, 2.45) is 0 Å². The lowest BCUT2D eigenvalue weighted by molar-refractivity contribution is -0.118. The summed E-state index contributed by atoms with van der Waals surface area (Å²) in [6.45, 7) is 4.83. The second kappa shape index (κ2) is 9.78. The Kier molecular flexibility index (Phi) is 6.88. The zero-order chi connectivity index (χ0) is 18.9. The molecule has 0 aliphatic heterocycles. The Morgan fingerprint density at radius 1 is 1.11 bits per heavy atom. The number of nitrogens with one attached hydrogen (secondary N) is 1. The van der Waals surface area contributed by atoms with Crippen molar-refractivity contribution in [2.45, 2.75) is 13.1 Å². The van der Waals surface area contributed by atoms with Crippen molar-refractivity contribution in [1.29, 1.82) is 0 Å². The topological polar surface area (TPSA) is 46.9 Å². The SMILES string of the molecule is C=CCSCC(=O)NCc1cn(Cc2ccccc2)nc1-c1ccccc1. The minimum absolute atomic E-state index is 0.0247. The van der Waals surface area contributed by atoms with Crippen LogP contribution in [0.15, 0.2) is 79.5 Å². The quantitative estimate of drug-likeness (QED) is 0.450. The van der Waals surface area contributed by atoms with Crippen LogP contribution in [-0.4, -0.2) is 27.2 Å². The van der Waals surface area contributed by atoms with Crippen LogP contribution in [0.25, 0.3) is 11.3 Å². The minimum Gasteiger partial charge on any atom is -0.351 e. The number of benzene rings is 2. The maximum atomic E-state index is 12.0. The molecule has 0 spiro atoms. The molecule has 138 valence electrons. The number of rotatable bonds is 9. The maximum absolute atomic E-state index is 12.0. The molecule has 0 aliphatic rings. The molecule has 0 bridgehead atoms. The van der Waals surface area contributed by atoms with E-state index in [1.54, 1.807) is 17.8 Å². The van der Waals surface area contributed by atoms with Gasteiger partial charge >= 0.3 is 0 Å². The molecule has 0 unspecified atom stereocenters. The van der Waals surface area contributed by atoms with Gasteiger partial charge in [0.25, 0.3) is 0 Å². The van der Waals surface area contributed by atoms with E-state index in [4.69, 9.17) is 5.10 Å². The fraction of sp³-hybridized carbons (Fsp3) is 0.182. The number of carbonyl (C=O) groups excluding carboxylic acids is 1. The van der Waals surface area contributed by atoms with Gasteiger partial charge in [0.2, 0.25) is 5.91 Å². The third-order valence-electron chi connectivity index (χ3n) is 4.02. The molecule has 1 aromatic heterocycles. The molecule has 3 rings (SSSR count). The Morgan fingerprint density at radius 3 is 2.52 bits per heavy atom. The van der Waals surface area contributed by atoms with Crippen LogP contribution < -0.4 is 5.32 Å². The standard InChI is InChI=1S/C22H23N3OS/c1-2-13-27-17-21(26)23-14-20-16-25(15-18-9-5-3-6-10-18)24-22(20)19-11-7-4-8-12-19/h2-12,16H,1,13-15,17H2,(H,23,26). The fourth-order valence-corrected chi connectivity index (χ4v) is 3.33. The van der Waals surface area contributed by atoms with Crippen molar-refractivity contribution in [3.63, 3.8) is 0 Å². The van der Waals surface area contributed by atoms with Crippen molar-refractivity contribution in [2.75, 3.05) is 11.5 Å². The summed E-state index contributed by atoms with van der Waals surface area (Å²) >= 11 is 1.55. The Hall–Kier alpha value is -2.79. The summed E-state index contributed by atoms with van der Waals surface area (Å²) in [6.07, 6.45) is 3.82. The van der Waals surface area contributed by atoms with Crippen LogP contribution in [0, 0.1) is 0 Å². The van der Waals surface area contributed by atoms with Gasteiger partial charge in [-0.2, -0.15) is 5.10 Å². The highest BCUT2D eigenvalue weighted by Gasteiger charge is 2.12. The molecule has 1 N–H and O–H groups in total. The predicted molar refractivity (Wildman–Crippen MR) is 113 cm³/mol. The Labute approximate surface area is 164 Å². The number of hydrogen-bond acceptors (Lipinski definition) is 3. The molecule has 0 radical (unpaired) electrons. The average Bonchev–Trinajstić information content (AvgIpc) is 3.11. The second-order valence-electron chi connectivity index (χ2n) is 6.13. The highest BCUT2D eigenvalue weighted by Crippen LogP contribution is 2.22. The summed E-state index contributed by atoms with van der Waals surface area (Å²) in [5, 5.41) is 7.77. The summed E-state index contributed by atoms with van der Waals surface area (Å²) in [7, 11) is 0. The lowest BCUT2D eigenvalue weighted by Crippen LogP contribution is -2.24. The third kappa shape index (κ3) is 5.59. The first-order valence-electron chi connectivity index (χ1n) is 8.87. The number of aromatic nitrogens is 2.